The van der Waals surface area contributed by atoms with Crippen molar-refractivity contribution in [2.24, 2.45) is 0 Å². The van der Waals surface area contributed by atoms with Crippen molar-refractivity contribution in [3.8, 4) is 0 Å². The number of phosphoric acid groups is 1. The van der Waals surface area contributed by atoms with Crippen molar-refractivity contribution in [2.75, 3.05) is 12.3 Å². The van der Waals surface area contributed by atoms with Crippen LogP contribution in [0.15, 0.2) is 12.7 Å². The van der Waals surface area contributed by atoms with Crippen LogP contribution in [-0.4, -0.2) is 60.6 Å². The first-order valence-electron chi connectivity index (χ1n) is 7.30. The SMILES string of the molecule is CC(=O)OP(=O)([O-])OC[C@H]1O[C@@H](n2cnc3c(N)ncnc32)[C@H](O)[C@@H]1O. The normalized spacial score (nSPS) is 28.2. The van der Waals surface area contributed by atoms with E-state index in [0.29, 0.717) is 0 Å². The van der Waals surface area contributed by atoms with Crippen LogP contribution in [0.2, 0.25) is 0 Å². The fraction of sp³-hybridized carbons (Fsp3) is 0.500. The standard InChI is InChI=1S/C12H16N5O8P/c1-5(18)25-26(21,22)23-2-6-8(19)9(20)12(24-6)17-4-16-7-10(13)14-3-15-11(7)17/h3-4,6,8-9,12,19-20H,2H2,1H3,(H,21,22)(H2,13,14,15)/p-1/t6-,8-,9-,12-/m1/s1. The predicted octanol–water partition coefficient (Wildman–Crippen LogP) is -1.92. The van der Waals surface area contributed by atoms with Crippen LogP contribution in [-0.2, 0) is 23.1 Å². The topological polar surface area (TPSA) is 195 Å². The van der Waals surface area contributed by atoms with E-state index < -0.39 is 44.9 Å². The molecule has 1 unspecified atom stereocenters. The smallest absolute Gasteiger partial charge is 0.322 e. The number of phosphoric ester groups is 1. The van der Waals surface area contributed by atoms with Crippen LogP contribution < -0.4 is 10.6 Å². The lowest BCUT2D eigenvalue weighted by atomic mass is 10.1. The van der Waals surface area contributed by atoms with E-state index >= 15 is 0 Å². The molecule has 0 radical (unpaired) electrons. The van der Waals surface area contributed by atoms with Crippen molar-refractivity contribution in [1.82, 2.24) is 19.5 Å². The molecule has 5 atom stereocenters. The molecule has 0 aromatic carbocycles. The van der Waals surface area contributed by atoms with Crippen LogP contribution in [0.25, 0.3) is 11.2 Å². The number of aliphatic hydroxyl groups is 2. The second-order valence-electron chi connectivity index (χ2n) is 5.46. The van der Waals surface area contributed by atoms with Gasteiger partial charge in [-0.3, -0.25) is 13.9 Å². The van der Waals surface area contributed by atoms with Gasteiger partial charge in [0.2, 0.25) is 0 Å². The van der Waals surface area contributed by atoms with E-state index in [0.717, 1.165) is 6.92 Å². The summed E-state index contributed by atoms with van der Waals surface area (Å²) in [7, 11) is -4.90. The van der Waals surface area contributed by atoms with Crippen LogP contribution >= 0.6 is 7.82 Å². The first-order chi connectivity index (χ1) is 12.2. The highest BCUT2D eigenvalue weighted by molar-refractivity contribution is 7.46. The number of hydrogen-bond acceptors (Lipinski definition) is 12. The Kier molecular flexibility index (Phi) is 4.92. The summed E-state index contributed by atoms with van der Waals surface area (Å²) in [6, 6.07) is 0. The van der Waals surface area contributed by atoms with Crippen molar-refractivity contribution < 1.29 is 38.3 Å². The minimum absolute atomic E-state index is 0.121. The number of nitrogen functional groups attached to an aromatic ring is 1. The molecule has 0 saturated carbocycles. The highest BCUT2D eigenvalue weighted by atomic mass is 31.2. The fourth-order valence-electron chi connectivity index (χ4n) is 2.50. The van der Waals surface area contributed by atoms with Crippen molar-refractivity contribution >= 4 is 30.8 Å². The van der Waals surface area contributed by atoms with Crippen LogP contribution in [0.3, 0.4) is 0 Å². The molecular weight excluding hydrogens is 373 g/mol. The molecule has 0 spiro atoms. The molecule has 142 valence electrons. The lowest BCUT2D eigenvalue weighted by Gasteiger charge is -2.23. The maximum Gasteiger partial charge on any atom is 0.322 e. The van der Waals surface area contributed by atoms with Crippen LogP contribution in [0.5, 0.6) is 0 Å². The van der Waals surface area contributed by atoms with Gasteiger partial charge in [0, 0.05) is 6.92 Å². The molecule has 4 N–H and O–H groups in total. The number of carbonyl (C=O) groups is 1. The minimum Gasteiger partial charge on any atom is -0.746 e. The van der Waals surface area contributed by atoms with Gasteiger partial charge in [0.1, 0.15) is 30.2 Å². The Bertz CT molecular complexity index is 874. The number of fused-ring (bicyclic) bond motifs is 1. The highest BCUT2D eigenvalue weighted by Gasteiger charge is 2.45. The third kappa shape index (κ3) is 3.53. The number of imidazole rings is 1. The van der Waals surface area contributed by atoms with Gasteiger partial charge in [-0.25, -0.2) is 15.0 Å². The van der Waals surface area contributed by atoms with E-state index in [1.165, 1.54) is 17.2 Å². The fourth-order valence-corrected chi connectivity index (χ4v) is 3.20. The van der Waals surface area contributed by atoms with Crippen molar-refractivity contribution in [1.29, 1.82) is 0 Å². The molecule has 2 aromatic rings. The zero-order valence-corrected chi connectivity index (χ0v) is 14.2. The number of anilines is 1. The van der Waals surface area contributed by atoms with Gasteiger partial charge < -0.3 is 34.6 Å². The number of rotatable bonds is 5. The third-order valence-corrected chi connectivity index (χ3v) is 4.58. The molecule has 0 aliphatic carbocycles. The summed E-state index contributed by atoms with van der Waals surface area (Å²) in [6.45, 7) is 0.221. The van der Waals surface area contributed by atoms with Crippen LogP contribution in [0, 0.1) is 0 Å². The molecule has 1 saturated heterocycles. The average Bonchev–Trinajstić information content (AvgIpc) is 3.08. The summed E-state index contributed by atoms with van der Waals surface area (Å²) in [4.78, 5) is 33.9. The first kappa shape index (κ1) is 18.6. The monoisotopic (exact) mass is 388 g/mol. The van der Waals surface area contributed by atoms with E-state index in [1.807, 2.05) is 0 Å². The van der Waals surface area contributed by atoms with Crippen molar-refractivity contribution in [2.45, 2.75) is 31.5 Å². The van der Waals surface area contributed by atoms with Gasteiger partial charge in [0.05, 0.1) is 12.9 Å². The first-order valence-corrected chi connectivity index (χ1v) is 8.76. The second kappa shape index (κ2) is 6.87. The average molecular weight is 388 g/mol. The largest absolute Gasteiger partial charge is 0.746 e. The van der Waals surface area contributed by atoms with Gasteiger partial charge in [-0.1, -0.05) is 0 Å². The van der Waals surface area contributed by atoms with Crippen LogP contribution in [0.4, 0.5) is 5.82 Å². The molecule has 1 aliphatic rings. The molecule has 2 aromatic heterocycles. The number of nitrogens with two attached hydrogens (primary N) is 1. The quantitative estimate of drug-likeness (QED) is 0.481. The predicted molar refractivity (Wildman–Crippen MR) is 81.0 cm³/mol. The summed E-state index contributed by atoms with van der Waals surface area (Å²) in [6.07, 6.45) is -2.77. The van der Waals surface area contributed by atoms with E-state index in [9.17, 15) is 24.5 Å². The number of aliphatic hydroxyl groups excluding tert-OH is 2. The zero-order valence-electron chi connectivity index (χ0n) is 13.3. The minimum atomic E-state index is -4.90. The molecule has 3 heterocycles. The number of hydrogen-bond donors (Lipinski definition) is 3. The van der Waals surface area contributed by atoms with E-state index in [4.69, 9.17) is 10.5 Å². The maximum absolute atomic E-state index is 11.4. The van der Waals surface area contributed by atoms with Crippen molar-refractivity contribution in [3.63, 3.8) is 0 Å². The van der Waals surface area contributed by atoms with Gasteiger partial charge >= 0.3 is 13.8 Å². The summed E-state index contributed by atoms with van der Waals surface area (Å²) >= 11 is 0. The second-order valence-corrected chi connectivity index (χ2v) is 6.79. The van der Waals surface area contributed by atoms with Gasteiger partial charge in [-0.05, 0) is 0 Å². The Hall–Kier alpha value is -2.15. The van der Waals surface area contributed by atoms with Crippen molar-refractivity contribution in [3.05, 3.63) is 12.7 Å². The zero-order chi connectivity index (χ0) is 19.1. The van der Waals surface area contributed by atoms with E-state index in [1.54, 1.807) is 0 Å². The molecule has 26 heavy (non-hydrogen) atoms. The van der Waals surface area contributed by atoms with Gasteiger partial charge in [-0.15, -0.1) is 0 Å². The van der Waals surface area contributed by atoms with E-state index in [-0.39, 0.29) is 17.0 Å². The number of ether oxygens (including phenoxy) is 1. The number of aromatic nitrogens is 4. The summed E-state index contributed by atoms with van der Waals surface area (Å²) in [5, 5.41) is 20.3. The van der Waals surface area contributed by atoms with Gasteiger partial charge in [0.15, 0.2) is 17.7 Å². The molecule has 3 rings (SSSR count). The summed E-state index contributed by atoms with van der Waals surface area (Å²) in [5.74, 6) is -0.952. The molecule has 1 aliphatic heterocycles. The Balaban J connectivity index is 1.76. The van der Waals surface area contributed by atoms with Crippen LogP contribution in [0.1, 0.15) is 13.2 Å². The number of carbonyl (C=O) groups excluding carboxylic acids is 1. The molecule has 1 fully saturated rings. The van der Waals surface area contributed by atoms with E-state index in [2.05, 4.69) is 24.0 Å². The molecular formula is C12H15N5O8P-. The molecule has 0 amide bonds. The summed E-state index contributed by atoms with van der Waals surface area (Å²) < 4.78 is 26.8. The summed E-state index contributed by atoms with van der Waals surface area (Å²) in [5.41, 5.74) is 6.21. The highest BCUT2D eigenvalue weighted by Crippen LogP contribution is 2.40. The lowest BCUT2D eigenvalue weighted by Crippen LogP contribution is -2.34. The Labute approximate surface area is 146 Å². The molecule has 0 bridgehead atoms. The maximum atomic E-state index is 11.4. The lowest BCUT2D eigenvalue weighted by molar-refractivity contribution is -0.227. The Morgan fingerprint density at radius 3 is 2.85 bits per heavy atom. The Morgan fingerprint density at radius 2 is 2.15 bits per heavy atom. The van der Waals surface area contributed by atoms with Gasteiger partial charge in [0.25, 0.3) is 0 Å². The molecule has 13 nitrogen and oxygen atoms in total. The van der Waals surface area contributed by atoms with Gasteiger partial charge in [-0.2, -0.15) is 0 Å². The Morgan fingerprint density at radius 1 is 1.42 bits per heavy atom. The third-order valence-electron chi connectivity index (χ3n) is 3.64. The number of nitrogens with zero attached hydrogens (tertiary/aromatic N) is 4. The molecule has 14 heteroatoms.